The van der Waals surface area contributed by atoms with E-state index < -0.39 is 0 Å². The number of nitrogens with zero attached hydrogens (tertiary/aromatic N) is 6. The number of rotatable bonds is 6. The number of aliphatic hydroxyl groups excluding tert-OH is 1. The lowest BCUT2D eigenvalue weighted by molar-refractivity contribution is 0.147. The molecule has 1 aliphatic heterocycles. The molecule has 2 atom stereocenters. The SMILES string of the molecule is CCc1nc2c(N)ncc(-c3cnn(C4CCN(C(C)C)CC4)c3)c2nc1N[C@@H]1CC[C@H](O)C1. The van der Waals surface area contributed by atoms with Gasteiger partial charge in [-0.15, -0.1) is 0 Å². The second-order valence-electron chi connectivity index (χ2n) is 10.0. The predicted molar refractivity (Wildman–Crippen MR) is 135 cm³/mol. The second-order valence-corrected chi connectivity index (χ2v) is 10.0. The van der Waals surface area contributed by atoms with E-state index in [2.05, 4.69) is 46.9 Å². The fraction of sp³-hybridized carbons (Fsp3) is 0.600. The van der Waals surface area contributed by atoms with Gasteiger partial charge in [-0.05, 0) is 52.4 Å². The lowest BCUT2D eigenvalue weighted by Crippen LogP contribution is -2.39. The Kier molecular flexibility index (Phi) is 6.40. The van der Waals surface area contributed by atoms with E-state index in [0.717, 1.165) is 79.8 Å². The highest BCUT2D eigenvalue weighted by atomic mass is 16.3. The normalized spacial score (nSPS) is 22.1. The van der Waals surface area contributed by atoms with Gasteiger partial charge in [-0.2, -0.15) is 5.10 Å². The molecule has 182 valence electrons. The molecule has 2 aliphatic rings. The standard InChI is InChI=1S/C25H36N8O/c1-4-21-25(29-17-5-6-19(34)11-17)31-22-20(13-27-24(26)23(22)30-21)16-12-28-33(14-16)18-7-9-32(10-8-18)15(2)3/h12-15,17-19,34H,4-11H2,1-3H3,(H2,26,27)(H,29,31)/t17-,19+/m1/s1. The number of nitrogens with two attached hydrogens (primary N) is 1. The molecular formula is C25H36N8O. The zero-order chi connectivity index (χ0) is 23.8. The molecule has 0 amide bonds. The molecule has 1 aliphatic carbocycles. The molecule has 0 aromatic carbocycles. The van der Waals surface area contributed by atoms with Crippen molar-refractivity contribution >= 4 is 22.7 Å². The Bertz CT molecular complexity index is 1150. The molecule has 9 nitrogen and oxygen atoms in total. The van der Waals surface area contributed by atoms with E-state index in [9.17, 15) is 5.11 Å². The van der Waals surface area contributed by atoms with Crippen molar-refractivity contribution in [3.05, 3.63) is 24.3 Å². The largest absolute Gasteiger partial charge is 0.393 e. The molecule has 34 heavy (non-hydrogen) atoms. The van der Waals surface area contributed by atoms with Gasteiger partial charge in [0.15, 0.2) is 5.82 Å². The Labute approximate surface area is 200 Å². The van der Waals surface area contributed by atoms with E-state index in [1.54, 1.807) is 6.20 Å². The average molecular weight is 465 g/mol. The zero-order valence-corrected chi connectivity index (χ0v) is 20.4. The molecule has 0 radical (unpaired) electrons. The Balaban J connectivity index is 1.47. The highest BCUT2D eigenvalue weighted by Crippen LogP contribution is 2.33. The predicted octanol–water partition coefficient (Wildman–Crippen LogP) is 3.40. The molecule has 1 saturated carbocycles. The summed E-state index contributed by atoms with van der Waals surface area (Å²) >= 11 is 0. The molecular weight excluding hydrogens is 428 g/mol. The smallest absolute Gasteiger partial charge is 0.151 e. The summed E-state index contributed by atoms with van der Waals surface area (Å²) < 4.78 is 2.10. The van der Waals surface area contributed by atoms with Gasteiger partial charge in [0.05, 0.1) is 24.0 Å². The minimum atomic E-state index is -0.246. The summed E-state index contributed by atoms with van der Waals surface area (Å²) in [6, 6.07) is 1.19. The van der Waals surface area contributed by atoms with Crippen molar-refractivity contribution in [2.24, 2.45) is 0 Å². The third-order valence-corrected chi connectivity index (χ3v) is 7.40. The third kappa shape index (κ3) is 4.46. The van der Waals surface area contributed by atoms with Crippen LogP contribution in [0.1, 0.15) is 64.6 Å². The Morgan fingerprint density at radius 3 is 2.59 bits per heavy atom. The molecule has 5 rings (SSSR count). The van der Waals surface area contributed by atoms with Gasteiger partial charge in [0.1, 0.15) is 16.9 Å². The zero-order valence-electron chi connectivity index (χ0n) is 20.4. The van der Waals surface area contributed by atoms with Crippen molar-refractivity contribution in [3.63, 3.8) is 0 Å². The number of anilines is 2. The van der Waals surface area contributed by atoms with Crippen LogP contribution in [0.15, 0.2) is 18.6 Å². The summed E-state index contributed by atoms with van der Waals surface area (Å²) in [7, 11) is 0. The van der Waals surface area contributed by atoms with Crippen molar-refractivity contribution in [2.75, 3.05) is 24.1 Å². The van der Waals surface area contributed by atoms with Crippen LogP contribution in [-0.4, -0.2) is 66.0 Å². The van der Waals surface area contributed by atoms with Crippen LogP contribution in [-0.2, 0) is 6.42 Å². The van der Waals surface area contributed by atoms with E-state index in [1.165, 1.54) is 0 Å². The van der Waals surface area contributed by atoms with Gasteiger partial charge in [-0.1, -0.05) is 6.92 Å². The molecule has 1 saturated heterocycles. The first-order chi connectivity index (χ1) is 16.4. The Hall–Kier alpha value is -2.78. The lowest BCUT2D eigenvalue weighted by atomic mass is 10.0. The van der Waals surface area contributed by atoms with Crippen LogP contribution in [0, 0.1) is 0 Å². The first kappa shape index (κ1) is 23.0. The number of aliphatic hydroxyl groups is 1. The second kappa shape index (κ2) is 9.46. The molecule has 3 aromatic rings. The third-order valence-electron chi connectivity index (χ3n) is 7.40. The topological polar surface area (TPSA) is 118 Å². The Morgan fingerprint density at radius 1 is 1.12 bits per heavy atom. The van der Waals surface area contributed by atoms with E-state index in [1.807, 2.05) is 6.20 Å². The van der Waals surface area contributed by atoms with Crippen LogP contribution in [0.5, 0.6) is 0 Å². The summed E-state index contributed by atoms with van der Waals surface area (Å²) in [6.07, 6.45) is 11.0. The highest BCUT2D eigenvalue weighted by molar-refractivity contribution is 5.96. The van der Waals surface area contributed by atoms with Gasteiger partial charge in [0.25, 0.3) is 0 Å². The van der Waals surface area contributed by atoms with E-state index in [0.29, 0.717) is 23.4 Å². The first-order valence-electron chi connectivity index (χ1n) is 12.6. The number of hydrogen-bond donors (Lipinski definition) is 3. The summed E-state index contributed by atoms with van der Waals surface area (Å²) in [4.78, 5) is 16.8. The van der Waals surface area contributed by atoms with E-state index in [4.69, 9.17) is 20.8 Å². The first-order valence-corrected chi connectivity index (χ1v) is 12.6. The van der Waals surface area contributed by atoms with Crippen LogP contribution in [0.25, 0.3) is 22.2 Å². The van der Waals surface area contributed by atoms with Crippen molar-refractivity contribution in [3.8, 4) is 11.1 Å². The van der Waals surface area contributed by atoms with Gasteiger partial charge in [-0.3, -0.25) is 4.68 Å². The van der Waals surface area contributed by atoms with Crippen molar-refractivity contribution in [1.29, 1.82) is 0 Å². The number of nitrogen functional groups attached to an aromatic ring is 1. The molecule has 0 spiro atoms. The summed E-state index contributed by atoms with van der Waals surface area (Å²) in [5.41, 5.74) is 10.3. The maximum atomic E-state index is 9.94. The summed E-state index contributed by atoms with van der Waals surface area (Å²) in [5.74, 6) is 1.16. The van der Waals surface area contributed by atoms with Gasteiger partial charge < -0.3 is 21.1 Å². The quantitative estimate of drug-likeness (QED) is 0.508. The summed E-state index contributed by atoms with van der Waals surface area (Å²) in [5, 5.41) is 18.2. The molecule has 3 aromatic heterocycles. The average Bonchev–Trinajstić information content (AvgIpc) is 3.48. The van der Waals surface area contributed by atoms with Gasteiger partial charge in [0.2, 0.25) is 0 Å². The number of likely N-dealkylation sites (tertiary alicyclic amines) is 1. The van der Waals surface area contributed by atoms with Crippen LogP contribution in [0.3, 0.4) is 0 Å². The van der Waals surface area contributed by atoms with Crippen LogP contribution in [0.4, 0.5) is 11.6 Å². The molecule has 0 bridgehead atoms. The van der Waals surface area contributed by atoms with Gasteiger partial charge in [0, 0.05) is 48.7 Å². The number of nitrogens with one attached hydrogen (secondary N) is 1. The highest BCUT2D eigenvalue weighted by Gasteiger charge is 2.26. The number of aromatic nitrogens is 5. The number of aryl methyl sites for hydroxylation is 1. The van der Waals surface area contributed by atoms with Crippen LogP contribution in [0.2, 0.25) is 0 Å². The number of piperidine rings is 1. The molecule has 0 unspecified atom stereocenters. The minimum absolute atomic E-state index is 0.203. The lowest BCUT2D eigenvalue weighted by Gasteiger charge is -2.34. The minimum Gasteiger partial charge on any atom is -0.393 e. The molecule has 2 fully saturated rings. The van der Waals surface area contributed by atoms with Crippen molar-refractivity contribution in [1.82, 2.24) is 29.6 Å². The fourth-order valence-electron chi connectivity index (χ4n) is 5.29. The van der Waals surface area contributed by atoms with Crippen LogP contribution >= 0.6 is 0 Å². The molecule has 4 N–H and O–H groups in total. The fourth-order valence-corrected chi connectivity index (χ4v) is 5.29. The monoisotopic (exact) mass is 464 g/mol. The van der Waals surface area contributed by atoms with Crippen molar-refractivity contribution < 1.29 is 5.11 Å². The number of pyridine rings is 1. The van der Waals surface area contributed by atoms with Gasteiger partial charge >= 0.3 is 0 Å². The maximum Gasteiger partial charge on any atom is 0.151 e. The Morgan fingerprint density at radius 2 is 1.91 bits per heavy atom. The van der Waals surface area contributed by atoms with Crippen molar-refractivity contribution in [2.45, 2.75) is 83.5 Å². The van der Waals surface area contributed by atoms with E-state index in [-0.39, 0.29) is 12.1 Å². The molecule has 9 heteroatoms. The number of hydrogen-bond acceptors (Lipinski definition) is 8. The maximum absolute atomic E-state index is 9.94. The van der Waals surface area contributed by atoms with Crippen LogP contribution < -0.4 is 11.1 Å². The number of fused-ring (bicyclic) bond motifs is 1. The van der Waals surface area contributed by atoms with E-state index >= 15 is 0 Å². The van der Waals surface area contributed by atoms with Gasteiger partial charge in [-0.25, -0.2) is 15.0 Å². The summed E-state index contributed by atoms with van der Waals surface area (Å²) in [6.45, 7) is 8.77. The molecule has 4 heterocycles.